The van der Waals surface area contributed by atoms with Gasteiger partial charge in [-0.05, 0) is 38.0 Å². The monoisotopic (exact) mass is 518 g/mol. The molecule has 37 heavy (non-hydrogen) atoms. The van der Waals surface area contributed by atoms with Crippen LogP contribution in [0.1, 0.15) is 37.2 Å². The van der Waals surface area contributed by atoms with Crippen molar-refractivity contribution in [2.45, 2.75) is 37.5 Å². The van der Waals surface area contributed by atoms with Gasteiger partial charge in [-0.15, -0.1) is 0 Å². The van der Waals surface area contributed by atoms with Gasteiger partial charge in [-0.3, -0.25) is 4.79 Å². The highest BCUT2D eigenvalue weighted by Gasteiger charge is 2.52. The van der Waals surface area contributed by atoms with Crippen molar-refractivity contribution in [1.82, 2.24) is 30.6 Å². The van der Waals surface area contributed by atoms with Crippen molar-refractivity contribution in [3.63, 3.8) is 0 Å². The van der Waals surface area contributed by atoms with E-state index in [1.807, 2.05) is 0 Å². The van der Waals surface area contributed by atoms with Crippen LogP contribution in [0.4, 0.5) is 18.0 Å². The van der Waals surface area contributed by atoms with E-state index in [1.165, 1.54) is 44.3 Å². The number of ether oxygens (including phenoxy) is 3. The number of nitrogens with one attached hydrogen (secondary N) is 2. The molecule has 0 saturated heterocycles. The summed E-state index contributed by atoms with van der Waals surface area (Å²) >= 11 is 0. The number of amides is 2. The summed E-state index contributed by atoms with van der Waals surface area (Å²) in [5.41, 5.74) is -2.15. The lowest BCUT2D eigenvalue weighted by molar-refractivity contribution is -0.138. The Morgan fingerprint density at radius 1 is 1.03 bits per heavy atom. The Morgan fingerprint density at radius 3 is 2.30 bits per heavy atom. The van der Waals surface area contributed by atoms with Gasteiger partial charge in [0, 0.05) is 0 Å². The summed E-state index contributed by atoms with van der Waals surface area (Å²) in [6.07, 6.45) is 1.59. The number of methoxy groups -OCH3 is 1. The first-order valence-corrected chi connectivity index (χ1v) is 10.9. The second-order valence-corrected chi connectivity index (χ2v) is 8.10. The van der Waals surface area contributed by atoms with Crippen molar-refractivity contribution in [3.05, 3.63) is 60.7 Å². The van der Waals surface area contributed by atoms with Crippen molar-refractivity contribution >= 4 is 12.0 Å². The van der Waals surface area contributed by atoms with Gasteiger partial charge in [0.05, 0.1) is 37.9 Å². The molecule has 1 aliphatic rings. The molecular formula is C23H21F3N6O5. The number of carbonyl (C=O) groups excluding carboxylic acids is 2. The maximum absolute atomic E-state index is 13.4. The van der Waals surface area contributed by atoms with Gasteiger partial charge in [-0.2, -0.15) is 13.2 Å². The number of halogens is 3. The Labute approximate surface area is 208 Å². The summed E-state index contributed by atoms with van der Waals surface area (Å²) in [6.45, 7) is 1.62. The fourth-order valence-corrected chi connectivity index (χ4v) is 3.28. The van der Waals surface area contributed by atoms with Gasteiger partial charge >= 0.3 is 12.3 Å². The Hall–Kier alpha value is -4.49. The second kappa shape index (κ2) is 10.2. The molecule has 2 N–H and O–H groups in total. The second-order valence-electron chi connectivity index (χ2n) is 8.10. The highest BCUT2D eigenvalue weighted by atomic mass is 19.4. The van der Waals surface area contributed by atoms with E-state index in [1.54, 1.807) is 6.92 Å². The number of nitrogens with zero attached hydrogens (tertiary/aromatic N) is 4. The van der Waals surface area contributed by atoms with Gasteiger partial charge in [0.15, 0.2) is 11.5 Å². The molecule has 2 amide bonds. The Kier molecular flexibility index (Phi) is 7.09. The molecule has 194 valence electrons. The van der Waals surface area contributed by atoms with E-state index >= 15 is 0 Å². The summed E-state index contributed by atoms with van der Waals surface area (Å²) in [6, 6.07) is 2.62. The van der Waals surface area contributed by atoms with Crippen LogP contribution < -0.4 is 24.8 Å². The largest absolute Gasteiger partial charge is 0.497 e. The van der Waals surface area contributed by atoms with Crippen LogP contribution in [-0.2, 0) is 11.0 Å². The molecule has 2 aromatic heterocycles. The zero-order valence-corrected chi connectivity index (χ0v) is 19.6. The summed E-state index contributed by atoms with van der Waals surface area (Å²) in [4.78, 5) is 40.6. The number of hydrogen-bond acceptors (Lipinski definition) is 9. The molecule has 0 spiro atoms. The van der Waals surface area contributed by atoms with Gasteiger partial charge in [0.2, 0.25) is 5.91 Å². The number of carbonyl (C=O) groups is 2. The summed E-state index contributed by atoms with van der Waals surface area (Å²) in [5, 5.41) is 5.26. The Balaban J connectivity index is 1.37. The zero-order chi connectivity index (χ0) is 26.6. The van der Waals surface area contributed by atoms with E-state index in [-0.39, 0.29) is 23.1 Å². The standard InChI is InChI=1S/C23H21F3N6O5/c1-13(31-20(33)22(5-6-22)32-21(34)37-15-8-27-12-28-9-15)19-29-10-16(11-30-19)36-18-4-3-14(35-2)7-17(18)23(24,25)26/h3-4,7-13H,5-6H2,1-2H3,(H,31,33)(H,32,34). The minimum absolute atomic E-state index is 0.0288. The third-order valence-corrected chi connectivity index (χ3v) is 5.38. The minimum atomic E-state index is -4.67. The number of aromatic nitrogens is 4. The van der Waals surface area contributed by atoms with Crippen LogP contribution in [0.5, 0.6) is 23.0 Å². The molecule has 0 aliphatic heterocycles. The van der Waals surface area contributed by atoms with Gasteiger partial charge < -0.3 is 24.8 Å². The van der Waals surface area contributed by atoms with Gasteiger partial charge in [0.1, 0.15) is 34.8 Å². The lowest BCUT2D eigenvalue weighted by atomic mass is 10.2. The van der Waals surface area contributed by atoms with Crippen LogP contribution >= 0.6 is 0 Å². The average molecular weight is 518 g/mol. The summed E-state index contributed by atoms with van der Waals surface area (Å²) in [5.74, 6) is -0.601. The molecule has 4 rings (SSSR count). The number of benzene rings is 1. The van der Waals surface area contributed by atoms with E-state index < -0.39 is 41.1 Å². The van der Waals surface area contributed by atoms with E-state index in [0.29, 0.717) is 12.8 Å². The molecule has 3 aromatic rings. The molecule has 1 saturated carbocycles. The predicted octanol–water partition coefficient (Wildman–Crippen LogP) is 3.58. The van der Waals surface area contributed by atoms with Crippen LogP contribution in [0.2, 0.25) is 0 Å². The van der Waals surface area contributed by atoms with Crippen molar-refractivity contribution in [2.75, 3.05) is 7.11 Å². The molecule has 1 aromatic carbocycles. The van der Waals surface area contributed by atoms with Crippen LogP contribution in [0.3, 0.4) is 0 Å². The lowest BCUT2D eigenvalue weighted by Crippen LogP contribution is -2.50. The van der Waals surface area contributed by atoms with E-state index in [0.717, 1.165) is 12.1 Å². The number of hydrogen-bond donors (Lipinski definition) is 2. The quantitative estimate of drug-likeness (QED) is 0.458. The van der Waals surface area contributed by atoms with Gasteiger partial charge in [-0.1, -0.05) is 0 Å². The third-order valence-electron chi connectivity index (χ3n) is 5.38. The third kappa shape index (κ3) is 6.20. The molecule has 0 bridgehead atoms. The van der Waals surface area contributed by atoms with Crippen LogP contribution in [0.15, 0.2) is 49.3 Å². The predicted molar refractivity (Wildman–Crippen MR) is 120 cm³/mol. The highest BCUT2D eigenvalue weighted by molar-refractivity contribution is 5.93. The zero-order valence-electron chi connectivity index (χ0n) is 19.6. The molecule has 14 heteroatoms. The summed E-state index contributed by atoms with van der Waals surface area (Å²) < 4.78 is 55.5. The maximum Gasteiger partial charge on any atom is 0.420 e. The van der Waals surface area contributed by atoms with Crippen LogP contribution in [0, 0.1) is 0 Å². The topological polar surface area (TPSA) is 137 Å². The Bertz CT molecular complexity index is 1270. The number of rotatable bonds is 8. The fraction of sp³-hybridized carbons (Fsp3) is 0.304. The van der Waals surface area contributed by atoms with Crippen molar-refractivity contribution in [2.24, 2.45) is 0 Å². The van der Waals surface area contributed by atoms with Gasteiger partial charge in [-0.25, -0.2) is 24.7 Å². The molecule has 1 unspecified atom stereocenters. The fourth-order valence-electron chi connectivity index (χ4n) is 3.28. The van der Waals surface area contributed by atoms with Gasteiger partial charge in [0.25, 0.3) is 0 Å². The first-order valence-electron chi connectivity index (χ1n) is 10.9. The SMILES string of the molecule is COc1ccc(Oc2cnc(C(C)NC(=O)C3(NC(=O)Oc4cncnc4)CC3)nc2)c(C(F)(F)F)c1. The normalized spacial score (nSPS) is 14.7. The molecule has 1 fully saturated rings. The maximum atomic E-state index is 13.4. The molecule has 1 aliphatic carbocycles. The van der Waals surface area contributed by atoms with E-state index in [9.17, 15) is 22.8 Å². The lowest BCUT2D eigenvalue weighted by Gasteiger charge is -2.20. The van der Waals surface area contributed by atoms with E-state index in [2.05, 4.69) is 30.6 Å². The number of alkyl halides is 3. The van der Waals surface area contributed by atoms with Crippen LogP contribution in [0.25, 0.3) is 0 Å². The van der Waals surface area contributed by atoms with Crippen LogP contribution in [-0.4, -0.2) is 44.6 Å². The first kappa shape index (κ1) is 25.6. The molecule has 11 nitrogen and oxygen atoms in total. The molecular weight excluding hydrogens is 497 g/mol. The van der Waals surface area contributed by atoms with Crippen molar-refractivity contribution in [1.29, 1.82) is 0 Å². The molecule has 1 atom stereocenters. The average Bonchev–Trinajstić information content (AvgIpc) is 3.65. The van der Waals surface area contributed by atoms with Crippen molar-refractivity contribution in [3.8, 4) is 23.0 Å². The van der Waals surface area contributed by atoms with Crippen molar-refractivity contribution < 1.29 is 37.0 Å². The smallest absolute Gasteiger partial charge is 0.420 e. The minimum Gasteiger partial charge on any atom is -0.497 e. The summed E-state index contributed by atoms with van der Waals surface area (Å²) in [7, 11) is 1.26. The van der Waals surface area contributed by atoms with E-state index in [4.69, 9.17) is 14.2 Å². The molecule has 2 heterocycles. The first-order chi connectivity index (χ1) is 17.6. The molecule has 0 radical (unpaired) electrons. The highest BCUT2D eigenvalue weighted by Crippen LogP contribution is 2.40. The Morgan fingerprint density at radius 2 is 1.70 bits per heavy atom.